The van der Waals surface area contributed by atoms with Crippen LogP contribution >= 0.6 is 0 Å². The maximum absolute atomic E-state index is 12.6. The fourth-order valence-electron chi connectivity index (χ4n) is 5.28. The molecule has 6 heteroatoms. The fraction of sp³-hybridized carbons (Fsp3) is 0.744. The van der Waals surface area contributed by atoms with Gasteiger partial charge in [0.05, 0.1) is 0 Å². The molecule has 0 aliphatic heterocycles. The summed E-state index contributed by atoms with van der Waals surface area (Å²) in [5, 5.41) is 0. The van der Waals surface area contributed by atoms with E-state index >= 15 is 0 Å². The quantitative estimate of drug-likeness (QED) is 0.0286. The molecule has 0 bridgehead atoms. The minimum absolute atomic E-state index is 0.0859. The first-order valence-corrected chi connectivity index (χ1v) is 20.1. The monoisotopic (exact) mass is 687 g/mol. The summed E-state index contributed by atoms with van der Waals surface area (Å²) >= 11 is 0. The van der Waals surface area contributed by atoms with Gasteiger partial charge in [0.15, 0.2) is 6.10 Å². The zero-order valence-electron chi connectivity index (χ0n) is 31.9. The van der Waals surface area contributed by atoms with Gasteiger partial charge in [0.25, 0.3) is 0 Å². The van der Waals surface area contributed by atoms with E-state index in [0.29, 0.717) is 19.3 Å². The zero-order chi connectivity index (χ0) is 35.9. The largest absolute Gasteiger partial charge is 0.462 e. The van der Waals surface area contributed by atoms with Crippen LogP contribution < -0.4 is 0 Å². The summed E-state index contributed by atoms with van der Waals surface area (Å²) in [6, 6.07) is 0. The Hall–Kier alpha value is -2.63. The Bertz CT molecular complexity index is 887. The van der Waals surface area contributed by atoms with Gasteiger partial charge in [0, 0.05) is 19.3 Å². The molecule has 49 heavy (non-hydrogen) atoms. The summed E-state index contributed by atoms with van der Waals surface area (Å²) in [6.07, 6.45) is 42.4. The Morgan fingerprint density at radius 2 is 0.837 bits per heavy atom. The first kappa shape index (κ1) is 46.4. The van der Waals surface area contributed by atoms with Gasteiger partial charge in [-0.25, -0.2) is 0 Å². The van der Waals surface area contributed by atoms with Crippen LogP contribution in [0.4, 0.5) is 0 Å². The molecule has 1 unspecified atom stereocenters. The van der Waals surface area contributed by atoms with Crippen LogP contribution in [0.1, 0.15) is 188 Å². The second-order valence-electron chi connectivity index (χ2n) is 13.2. The van der Waals surface area contributed by atoms with E-state index in [-0.39, 0.29) is 31.1 Å². The predicted molar refractivity (Wildman–Crippen MR) is 205 cm³/mol. The van der Waals surface area contributed by atoms with E-state index in [9.17, 15) is 14.4 Å². The smallest absolute Gasteiger partial charge is 0.306 e. The highest BCUT2D eigenvalue weighted by Gasteiger charge is 2.19. The maximum atomic E-state index is 12.6. The number of unbranched alkanes of at least 4 members (excludes halogenated alkanes) is 16. The topological polar surface area (TPSA) is 78.9 Å². The van der Waals surface area contributed by atoms with Crippen LogP contribution in [0.5, 0.6) is 0 Å². The molecule has 0 amide bonds. The Morgan fingerprint density at radius 3 is 1.37 bits per heavy atom. The lowest BCUT2D eigenvalue weighted by atomic mass is 10.1. The van der Waals surface area contributed by atoms with Crippen LogP contribution in [0.2, 0.25) is 0 Å². The number of hydrogen-bond donors (Lipinski definition) is 0. The molecule has 0 fully saturated rings. The number of ether oxygens (including phenoxy) is 3. The standard InChI is InChI=1S/C43H74O6/c1-4-7-10-13-16-19-21-22-23-25-27-30-33-36-42(45)48-39-40(38-47-41(44)35-32-29-26-18-15-12-9-6-3)49-43(46)37-34-31-28-24-20-17-14-11-8-5-2/h7,10-11,14,16,19,22-23,40H,4-6,8-9,12-13,15,17-18,20-21,24-39H2,1-3H3/b10-7-,14-11-,19-16-,23-22-. The van der Waals surface area contributed by atoms with E-state index < -0.39 is 6.10 Å². The van der Waals surface area contributed by atoms with Gasteiger partial charge < -0.3 is 14.2 Å². The molecule has 0 aromatic heterocycles. The summed E-state index contributed by atoms with van der Waals surface area (Å²) < 4.78 is 16.5. The molecular weight excluding hydrogens is 612 g/mol. The third kappa shape index (κ3) is 36.5. The van der Waals surface area contributed by atoms with Crippen molar-refractivity contribution in [1.29, 1.82) is 0 Å². The van der Waals surface area contributed by atoms with E-state index in [0.717, 1.165) is 103 Å². The van der Waals surface area contributed by atoms with Crippen molar-refractivity contribution in [3.63, 3.8) is 0 Å². The van der Waals surface area contributed by atoms with Gasteiger partial charge in [-0.05, 0) is 70.6 Å². The summed E-state index contributed by atoms with van der Waals surface area (Å²) in [5.74, 6) is -0.940. The van der Waals surface area contributed by atoms with Crippen LogP contribution in [0.3, 0.4) is 0 Å². The van der Waals surface area contributed by atoms with Crippen molar-refractivity contribution in [2.75, 3.05) is 13.2 Å². The molecule has 0 saturated heterocycles. The summed E-state index contributed by atoms with van der Waals surface area (Å²) in [6.45, 7) is 6.37. The van der Waals surface area contributed by atoms with Gasteiger partial charge in [-0.2, -0.15) is 0 Å². The molecule has 0 radical (unpaired) electrons. The van der Waals surface area contributed by atoms with Gasteiger partial charge in [0.1, 0.15) is 13.2 Å². The average molecular weight is 687 g/mol. The van der Waals surface area contributed by atoms with E-state index in [1.165, 1.54) is 44.9 Å². The maximum Gasteiger partial charge on any atom is 0.306 e. The van der Waals surface area contributed by atoms with E-state index in [2.05, 4.69) is 69.4 Å². The van der Waals surface area contributed by atoms with E-state index in [1.54, 1.807) is 0 Å². The second-order valence-corrected chi connectivity index (χ2v) is 13.2. The molecule has 0 saturated carbocycles. The molecule has 0 rings (SSSR count). The summed E-state index contributed by atoms with van der Waals surface area (Å²) in [5.41, 5.74) is 0. The van der Waals surface area contributed by atoms with E-state index in [1.807, 2.05) is 0 Å². The highest BCUT2D eigenvalue weighted by molar-refractivity contribution is 5.71. The molecule has 0 aliphatic rings. The van der Waals surface area contributed by atoms with Crippen molar-refractivity contribution in [2.24, 2.45) is 0 Å². The zero-order valence-corrected chi connectivity index (χ0v) is 31.9. The number of rotatable bonds is 35. The first-order valence-electron chi connectivity index (χ1n) is 20.1. The Morgan fingerprint density at radius 1 is 0.429 bits per heavy atom. The number of esters is 3. The second kappa shape index (κ2) is 38.2. The highest BCUT2D eigenvalue weighted by Crippen LogP contribution is 2.12. The van der Waals surface area contributed by atoms with Crippen molar-refractivity contribution in [2.45, 2.75) is 194 Å². The minimum atomic E-state index is -0.782. The molecule has 0 aromatic carbocycles. The van der Waals surface area contributed by atoms with Gasteiger partial charge >= 0.3 is 17.9 Å². The normalized spacial score (nSPS) is 12.5. The van der Waals surface area contributed by atoms with Crippen LogP contribution in [0, 0.1) is 0 Å². The molecule has 0 aliphatic carbocycles. The molecular formula is C43H74O6. The van der Waals surface area contributed by atoms with Crippen LogP contribution in [-0.4, -0.2) is 37.2 Å². The molecule has 1 atom stereocenters. The number of hydrogen-bond acceptors (Lipinski definition) is 6. The van der Waals surface area contributed by atoms with Gasteiger partial charge in [0.2, 0.25) is 0 Å². The summed E-state index contributed by atoms with van der Waals surface area (Å²) in [7, 11) is 0. The molecule has 6 nitrogen and oxygen atoms in total. The van der Waals surface area contributed by atoms with Crippen molar-refractivity contribution in [1.82, 2.24) is 0 Å². The van der Waals surface area contributed by atoms with Crippen LogP contribution in [-0.2, 0) is 28.6 Å². The van der Waals surface area contributed by atoms with Gasteiger partial charge in [-0.15, -0.1) is 0 Å². The van der Waals surface area contributed by atoms with Crippen LogP contribution in [0.15, 0.2) is 48.6 Å². The van der Waals surface area contributed by atoms with Gasteiger partial charge in [-0.3, -0.25) is 14.4 Å². The lowest BCUT2D eigenvalue weighted by Gasteiger charge is -2.18. The van der Waals surface area contributed by atoms with Crippen molar-refractivity contribution in [3.05, 3.63) is 48.6 Å². The third-order valence-corrected chi connectivity index (χ3v) is 8.30. The Balaban J connectivity index is 4.42. The lowest BCUT2D eigenvalue weighted by molar-refractivity contribution is -0.167. The third-order valence-electron chi connectivity index (χ3n) is 8.30. The Labute approximate surface area is 301 Å². The SMILES string of the molecule is CC/C=C\C/C=C\C/C=C\CCCCCC(=O)OCC(COC(=O)CCCCCCCCCC)OC(=O)CCCCCCC/C=C\CCC. The summed E-state index contributed by atoms with van der Waals surface area (Å²) in [4.78, 5) is 37.4. The first-order chi connectivity index (χ1) is 24.0. The minimum Gasteiger partial charge on any atom is -0.462 e. The Kier molecular flexibility index (Phi) is 36.1. The van der Waals surface area contributed by atoms with Crippen molar-refractivity contribution >= 4 is 17.9 Å². The fourth-order valence-corrected chi connectivity index (χ4v) is 5.28. The molecule has 0 heterocycles. The van der Waals surface area contributed by atoms with Crippen LogP contribution in [0.25, 0.3) is 0 Å². The van der Waals surface area contributed by atoms with E-state index in [4.69, 9.17) is 14.2 Å². The number of carbonyl (C=O) groups excluding carboxylic acids is 3. The van der Waals surface area contributed by atoms with Crippen molar-refractivity contribution in [3.8, 4) is 0 Å². The molecule has 282 valence electrons. The van der Waals surface area contributed by atoms with Gasteiger partial charge in [-0.1, -0.05) is 146 Å². The number of allylic oxidation sites excluding steroid dienone is 8. The molecule has 0 spiro atoms. The molecule has 0 N–H and O–H groups in total. The van der Waals surface area contributed by atoms with Crippen molar-refractivity contribution < 1.29 is 28.6 Å². The average Bonchev–Trinajstić information content (AvgIpc) is 3.10. The predicted octanol–water partition coefficient (Wildman–Crippen LogP) is 12.4. The highest BCUT2D eigenvalue weighted by atomic mass is 16.6. The number of carbonyl (C=O) groups is 3. The lowest BCUT2D eigenvalue weighted by Crippen LogP contribution is -2.30. The molecule has 0 aromatic rings.